The van der Waals surface area contributed by atoms with Gasteiger partial charge in [0.15, 0.2) is 0 Å². The van der Waals surface area contributed by atoms with Crippen LogP contribution >= 0.6 is 0 Å². The number of allylic oxidation sites excluding steroid dienone is 16. The van der Waals surface area contributed by atoms with E-state index in [0.29, 0.717) is 0 Å². The Kier molecular flexibility index (Phi) is 15.6. The molecule has 21 heavy (non-hydrogen) atoms. The van der Waals surface area contributed by atoms with Crippen LogP contribution in [0.25, 0.3) is 0 Å². The van der Waals surface area contributed by atoms with E-state index in [-0.39, 0.29) is 21.7 Å². The van der Waals surface area contributed by atoms with Gasteiger partial charge in [0.1, 0.15) is 0 Å². The minimum absolute atomic E-state index is 0. The standard InChI is InChI=1S/4C5H5.Ti/c4*1-2-4-5-3-1;/h4*1-3H,4H2;/q4*-1;+4. The van der Waals surface area contributed by atoms with Crippen LogP contribution in [-0.4, -0.2) is 0 Å². The second-order valence-corrected chi connectivity index (χ2v) is 4.01. The Labute approximate surface area is 144 Å². The first kappa shape index (κ1) is 19.6. The van der Waals surface area contributed by atoms with Gasteiger partial charge in [0.05, 0.1) is 0 Å². The third-order valence-electron chi connectivity index (χ3n) is 2.34. The molecule has 0 aromatic heterocycles. The summed E-state index contributed by atoms with van der Waals surface area (Å²) in [7, 11) is 0. The molecule has 0 aromatic carbocycles. The average molecular weight is 308 g/mol. The van der Waals surface area contributed by atoms with E-state index in [1.807, 2.05) is 48.6 Å². The van der Waals surface area contributed by atoms with Gasteiger partial charge >= 0.3 is 21.7 Å². The summed E-state index contributed by atoms with van der Waals surface area (Å²) in [6.07, 6.45) is 40.0. The zero-order chi connectivity index (χ0) is 14.1. The Bertz CT molecular complexity index is 326. The van der Waals surface area contributed by atoms with Crippen molar-refractivity contribution in [3.63, 3.8) is 0 Å². The van der Waals surface area contributed by atoms with Gasteiger partial charge in [0, 0.05) is 0 Å². The maximum absolute atomic E-state index is 2.99. The van der Waals surface area contributed by atoms with Crippen molar-refractivity contribution in [1.82, 2.24) is 0 Å². The molecule has 0 atom stereocenters. The fourth-order valence-electron chi connectivity index (χ4n) is 1.36. The topological polar surface area (TPSA) is 0 Å². The van der Waals surface area contributed by atoms with Crippen LogP contribution in [0.5, 0.6) is 0 Å². The molecular formula is C20H20Ti. The Morgan fingerprint density at radius 1 is 0.429 bits per heavy atom. The van der Waals surface area contributed by atoms with Crippen LogP contribution in [0.15, 0.2) is 72.9 Å². The smallest absolute Gasteiger partial charge is 0.273 e. The van der Waals surface area contributed by atoms with Gasteiger partial charge in [-0.1, -0.05) is 0 Å². The maximum Gasteiger partial charge on any atom is 4.00 e. The first-order valence-electron chi connectivity index (χ1n) is 6.87. The molecule has 104 valence electrons. The zero-order valence-electron chi connectivity index (χ0n) is 12.3. The molecule has 0 aromatic rings. The molecule has 1 heteroatoms. The van der Waals surface area contributed by atoms with E-state index in [1.165, 1.54) is 0 Å². The first-order chi connectivity index (χ1) is 10.0. The second-order valence-electron chi connectivity index (χ2n) is 4.01. The van der Waals surface area contributed by atoms with E-state index in [9.17, 15) is 0 Å². The van der Waals surface area contributed by atoms with Crippen LogP contribution in [0.1, 0.15) is 25.7 Å². The molecule has 4 aliphatic carbocycles. The van der Waals surface area contributed by atoms with E-state index in [2.05, 4.69) is 48.6 Å². The maximum atomic E-state index is 2.99. The number of hydrogen-bond acceptors (Lipinski definition) is 0. The summed E-state index contributed by atoms with van der Waals surface area (Å²) < 4.78 is 0. The van der Waals surface area contributed by atoms with Crippen LogP contribution in [0, 0.1) is 24.3 Å². The van der Waals surface area contributed by atoms with Crippen molar-refractivity contribution in [3.05, 3.63) is 97.2 Å². The summed E-state index contributed by atoms with van der Waals surface area (Å²) in [4.78, 5) is 0. The van der Waals surface area contributed by atoms with E-state index < -0.39 is 0 Å². The van der Waals surface area contributed by atoms with Crippen LogP contribution in [0.2, 0.25) is 0 Å². The van der Waals surface area contributed by atoms with Crippen molar-refractivity contribution >= 4 is 0 Å². The molecule has 0 spiro atoms. The summed E-state index contributed by atoms with van der Waals surface area (Å²) in [5.41, 5.74) is 0. The van der Waals surface area contributed by atoms with Crippen molar-refractivity contribution in [2.45, 2.75) is 25.7 Å². The SMILES string of the molecule is [C-]1=CC=CC1.[C-]1=CC=CC1.[C-]1=CC=CC1.[C-]1=CC=CC1.[Ti+4]. The molecule has 0 bridgehead atoms. The average Bonchev–Trinajstić information content (AvgIpc) is 3.40. The molecule has 0 aliphatic heterocycles. The van der Waals surface area contributed by atoms with Crippen molar-refractivity contribution < 1.29 is 21.7 Å². The molecular weight excluding hydrogens is 288 g/mol. The monoisotopic (exact) mass is 308 g/mol. The Morgan fingerprint density at radius 2 is 0.667 bits per heavy atom. The molecule has 0 unspecified atom stereocenters. The molecule has 0 amide bonds. The van der Waals surface area contributed by atoms with Crippen LogP contribution < -0.4 is 0 Å². The summed E-state index contributed by atoms with van der Waals surface area (Å²) in [5, 5.41) is 0. The number of hydrogen-bond donors (Lipinski definition) is 0. The summed E-state index contributed by atoms with van der Waals surface area (Å²) in [5.74, 6) is 0. The van der Waals surface area contributed by atoms with Crippen molar-refractivity contribution in [3.8, 4) is 0 Å². The zero-order valence-corrected chi connectivity index (χ0v) is 13.8. The van der Waals surface area contributed by atoms with Crippen molar-refractivity contribution in [2.24, 2.45) is 0 Å². The molecule has 0 saturated heterocycles. The fraction of sp³-hybridized carbons (Fsp3) is 0.200. The second kappa shape index (κ2) is 16.7. The van der Waals surface area contributed by atoms with Crippen molar-refractivity contribution in [2.75, 3.05) is 0 Å². The molecule has 0 radical (unpaired) electrons. The first-order valence-corrected chi connectivity index (χ1v) is 6.87. The Hall–Kier alpha value is -1.37. The number of rotatable bonds is 0. The fourth-order valence-corrected chi connectivity index (χ4v) is 1.36. The molecule has 0 nitrogen and oxygen atoms in total. The molecule has 4 aliphatic rings. The third kappa shape index (κ3) is 14.8. The molecule has 4 rings (SSSR count). The minimum Gasteiger partial charge on any atom is -0.273 e. The Morgan fingerprint density at radius 3 is 0.714 bits per heavy atom. The quantitative estimate of drug-likeness (QED) is 0.425. The predicted molar refractivity (Wildman–Crippen MR) is 86.3 cm³/mol. The van der Waals surface area contributed by atoms with Crippen LogP contribution in [-0.2, 0) is 21.7 Å². The van der Waals surface area contributed by atoms with Gasteiger partial charge in [-0.3, -0.25) is 24.3 Å². The normalized spacial score (nSPS) is 16.8. The van der Waals surface area contributed by atoms with Crippen LogP contribution in [0.3, 0.4) is 0 Å². The van der Waals surface area contributed by atoms with Crippen molar-refractivity contribution in [1.29, 1.82) is 0 Å². The van der Waals surface area contributed by atoms with Crippen LogP contribution in [0.4, 0.5) is 0 Å². The minimum atomic E-state index is 0. The Balaban J connectivity index is 0.000000250. The molecule has 0 N–H and O–H groups in total. The summed E-state index contributed by atoms with van der Waals surface area (Å²) >= 11 is 0. The molecule has 0 heterocycles. The van der Waals surface area contributed by atoms with E-state index in [4.69, 9.17) is 0 Å². The summed E-state index contributed by atoms with van der Waals surface area (Å²) in [6, 6.07) is 0. The van der Waals surface area contributed by atoms with Gasteiger partial charge in [0.25, 0.3) is 0 Å². The third-order valence-corrected chi connectivity index (χ3v) is 2.34. The van der Waals surface area contributed by atoms with E-state index >= 15 is 0 Å². The molecule has 0 fully saturated rings. The van der Waals surface area contributed by atoms with Gasteiger partial charge < -0.3 is 0 Å². The van der Waals surface area contributed by atoms with Gasteiger partial charge in [-0.15, -0.1) is 25.7 Å². The predicted octanol–water partition coefficient (Wildman–Crippen LogP) is 5.22. The molecule has 0 saturated carbocycles. The summed E-state index contributed by atoms with van der Waals surface area (Å²) in [6.45, 7) is 0. The van der Waals surface area contributed by atoms with E-state index in [0.717, 1.165) is 25.7 Å². The van der Waals surface area contributed by atoms with Gasteiger partial charge in [-0.2, -0.15) is 24.3 Å². The van der Waals surface area contributed by atoms with Gasteiger partial charge in [-0.05, 0) is 0 Å². The van der Waals surface area contributed by atoms with Gasteiger partial charge in [-0.25, -0.2) is 48.6 Å². The largest absolute Gasteiger partial charge is 4.00 e. The van der Waals surface area contributed by atoms with Gasteiger partial charge in [0.2, 0.25) is 0 Å². The van der Waals surface area contributed by atoms with E-state index in [1.54, 1.807) is 0 Å².